The number of hydrogen-bond donors (Lipinski definition) is 0. The van der Waals surface area contributed by atoms with Gasteiger partial charge in [0.25, 0.3) is 0 Å². The molecule has 0 aliphatic heterocycles. The van der Waals surface area contributed by atoms with Gasteiger partial charge < -0.3 is 9.30 Å². The van der Waals surface area contributed by atoms with Crippen LogP contribution in [0.4, 0.5) is 0 Å². The second kappa shape index (κ2) is 9.46. The van der Waals surface area contributed by atoms with Crippen molar-refractivity contribution < 1.29 is 4.74 Å². The van der Waals surface area contributed by atoms with E-state index in [4.69, 9.17) is 17.0 Å². The molecule has 4 heteroatoms. The molecule has 0 fully saturated rings. The Bertz CT molecular complexity index is 649. The molecule has 0 atom stereocenters. The average Bonchev–Trinajstić information content (AvgIpc) is 2.57. The zero-order chi connectivity index (χ0) is 16.5. The summed E-state index contributed by atoms with van der Waals surface area (Å²) >= 11 is 5.35. The number of aromatic nitrogens is 2. The smallest absolute Gasteiger partial charge is 0.200 e. The largest absolute Gasteiger partial charge is 0.494 e. The van der Waals surface area contributed by atoms with Crippen LogP contribution in [-0.4, -0.2) is 16.2 Å². The Kier molecular flexibility index (Phi) is 7.27. The first-order valence-corrected chi connectivity index (χ1v) is 8.96. The van der Waals surface area contributed by atoms with Gasteiger partial charge in [-0.2, -0.15) is 0 Å². The fourth-order valence-corrected chi connectivity index (χ4v) is 2.69. The number of unbranched alkanes of at least 4 members (excludes halogenated alkanes) is 3. The van der Waals surface area contributed by atoms with Crippen molar-refractivity contribution in [3.8, 4) is 17.0 Å². The van der Waals surface area contributed by atoms with Crippen LogP contribution in [0.3, 0.4) is 0 Å². The number of nitrogens with zero attached hydrogens (tertiary/aromatic N) is 2. The van der Waals surface area contributed by atoms with Crippen LogP contribution < -0.4 is 4.74 Å². The molecule has 0 aliphatic rings. The molecule has 0 amide bonds. The minimum atomic E-state index is 0.639. The standard InChI is InChI=1S/C19H26N2OS/c1-3-5-6-7-15-22-17-10-8-16(9-11-17)18-12-14-21(13-4-2)19(23)20-18/h8-12,14H,3-7,13,15H2,1-2H3. The normalized spacial score (nSPS) is 10.7. The van der Waals surface area contributed by atoms with Crippen molar-refractivity contribution >= 4 is 12.2 Å². The van der Waals surface area contributed by atoms with Crippen molar-refractivity contribution in [3.63, 3.8) is 0 Å². The maximum Gasteiger partial charge on any atom is 0.200 e. The minimum absolute atomic E-state index is 0.639. The van der Waals surface area contributed by atoms with Crippen molar-refractivity contribution in [1.82, 2.24) is 9.55 Å². The molecule has 0 unspecified atom stereocenters. The van der Waals surface area contributed by atoms with Crippen molar-refractivity contribution in [1.29, 1.82) is 0 Å². The third kappa shape index (κ3) is 5.47. The Labute approximate surface area is 144 Å². The maximum atomic E-state index is 5.77. The third-order valence-corrected chi connectivity index (χ3v) is 4.08. The third-order valence-electron chi connectivity index (χ3n) is 3.76. The average molecular weight is 330 g/mol. The van der Waals surface area contributed by atoms with E-state index in [0.29, 0.717) is 4.77 Å². The molecular formula is C19H26N2OS. The summed E-state index contributed by atoms with van der Waals surface area (Å²) in [6.45, 7) is 6.05. The lowest BCUT2D eigenvalue weighted by Crippen LogP contribution is -2.01. The van der Waals surface area contributed by atoms with E-state index in [0.717, 1.165) is 43.0 Å². The zero-order valence-corrected chi connectivity index (χ0v) is 14.9. The van der Waals surface area contributed by atoms with Gasteiger partial charge in [0.05, 0.1) is 12.3 Å². The Hall–Kier alpha value is -1.68. The Morgan fingerprint density at radius 2 is 1.78 bits per heavy atom. The van der Waals surface area contributed by atoms with Crippen LogP contribution in [0.15, 0.2) is 36.5 Å². The molecule has 0 N–H and O–H groups in total. The van der Waals surface area contributed by atoms with Gasteiger partial charge in [-0.15, -0.1) is 0 Å². The van der Waals surface area contributed by atoms with Gasteiger partial charge in [0.15, 0.2) is 4.77 Å². The first kappa shape index (κ1) is 17.7. The summed E-state index contributed by atoms with van der Waals surface area (Å²) in [6.07, 6.45) is 7.96. The highest BCUT2D eigenvalue weighted by Gasteiger charge is 2.02. The lowest BCUT2D eigenvalue weighted by Gasteiger charge is -2.08. The first-order valence-electron chi connectivity index (χ1n) is 8.55. The van der Waals surface area contributed by atoms with Gasteiger partial charge in [-0.05, 0) is 55.4 Å². The summed E-state index contributed by atoms with van der Waals surface area (Å²) in [6, 6.07) is 10.1. The molecule has 0 bridgehead atoms. The number of rotatable bonds is 9. The number of hydrogen-bond acceptors (Lipinski definition) is 3. The summed E-state index contributed by atoms with van der Waals surface area (Å²) in [7, 11) is 0. The molecule has 2 rings (SSSR count). The second-order valence-corrected chi connectivity index (χ2v) is 6.09. The lowest BCUT2D eigenvalue weighted by atomic mass is 10.1. The van der Waals surface area contributed by atoms with E-state index < -0.39 is 0 Å². The Morgan fingerprint density at radius 1 is 1.00 bits per heavy atom. The molecule has 124 valence electrons. The fourth-order valence-electron chi connectivity index (χ4n) is 2.44. The van der Waals surface area contributed by atoms with Crippen LogP contribution in [0.25, 0.3) is 11.3 Å². The predicted octanol–water partition coefficient (Wildman–Crippen LogP) is 5.65. The van der Waals surface area contributed by atoms with Crippen LogP contribution in [0.2, 0.25) is 0 Å². The van der Waals surface area contributed by atoms with E-state index in [1.165, 1.54) is 19.3 Å². The monoisotopic (exact) mass is 330 g/mol. The highest BCUT2D eigenvalue weighted by Crippen LogP contribution is 2.21. The Balaban J connectivity index is 1.96. The molecule has 2 aromatic rings. The quantitative estimate of drug-likeness (QED) is 0.439. The van der Waals surface area contributed by atoms with E-state index in [-0.39, 0.29) is 0 Å². The highest BCUT2D eigenvalue weighted by molar-refractivity contribution is 7.71. The molecule has 1 aromatic carbocycles. The van der Waals surface area contributed by atoms with E-state index in [2.05, 4.69) is 18.8 Å². The van der Waals surface area contributed by atoms with E-state index in [1.54, 1.807) is 0 Å². The molecule has 23 heavy (non-hydrogen) atoms. The molecule has 1 aromatic heterocycles. The number of benzene rings is 1. The first-order chi connectivity index (χ1) is 11.2. The number of ether oxygens (including phenoxy) is 1. The van der Waals surface area contributed by atoms with Gasteiger partial charge in [0.2, 0.25) is 0 Å². The molecular weight excluding hydrogens is 304 g/mol. The summed E-state index contributed by atoms with van der Waals surface area (Å²) in [5, 5.41) is 0. The van der Waals surface area contributed by atoms with Crippen molar-refractivity contribution in [3.05, 3.63) is 41.3 Å². The van der Waals surface area contributed by atoms with Gasteiger partial charge in [-0.3, -0.25) is 0 Å². The van der Waals surface area contributed by atoms with Gasteiger partial charge in [-0.25, -0.2) is 4.98 Å². The van der Waals surface area contributed by atoms with E-state index >= 15 is 0 Å². The van der Waals surface area contributed by atoms with Crippen molar-refractivity contribution in [2.45, 2.75) is 52.5 Å². The van der Waals surface area contributed by atoms with Gasteiger partial charge in [-0.1, -0.05) is 33.1 Å². The molecule has 0 aliphatic carbocycles. The van der Waals surface area contributed by atoms with Crippen LogP contribution >= 0.6 is 12.2 Å². The van der Waals surface area contributed by atoms with Crippen molar-refractivity contribution in [2.75, 3.05) is 6.61 Å². The molecule has 0 saturated heterocycles. The maximum absolute atomic E-state index is 5.77. The van der Waals surface area contributed by atoms with Gasteiger partial charge in [0, 0.05) is 18.3 Å². The summed E-state index contributed by atoms with van der Waals surface area (Å²) in [5.41, 5.74) is 1.98. The minimum Gasteiger partial charge on any atom is -0.494 e. The number of aryl methyl sites for hydroxylation is 1. The summed E-state index contributed by atoms with van der Waals surface area (Å²) in [4.78, 5) is 4.52. The van der Waals surface area contributed by atoms with E-state index in [1.807, 2.05) is 41.1 Å². The van der Waals surface area contributed by atoms with Crippen molar-refractivity contribution in [2.24, 2.45) is 0 Å². The van der Waals surface area contributed by atoms with Crippen LogP contribution in [0.5, 0.6) is 5.75 Å². The van der Waals surface area contributed by atoms with Crippen LogP contribution in [0, 0.1) is 4.77 Å². The van der Waals surface area contributed by atoms with Crippen LogP contribution in [0.1, 0.15) is 46.0 Å². The molecule has 0 spiro atoms. The zero-order valence-electron chi connectivity index (χ0n) is 14.1. The SMILES string of the molecule is CCCCCCOc1ccc(-c2ccn(CCC)c(=S)n2)cc1. The molecule has 1 heterocycles. The predicted molar refractivity (Wildman–Crippen MR) is 98.4 cm³/mol. The summed E-state index contributed by atoms with van der Waals surface area (Å²) < 4.78 is 8.42. The summed E-state index contributed by atoms with van der Waals surface area (Å²) in [5.74, 6) is 0.917. The molecule has 0 radical (unpaired) electrons. The van der Waals surface area contributed by atoms with Gasteiger partial charge in [0.1, 0.15) is 5.75 Å². The van der Waals surface area contributed by atoms with Crippen LogP contribution in [-0.2, 0) is 6.54 Å². The lowest BCUT2D eigenvalue weighted by molar-refractivity contribution is 0.305. The molecule has 3 nitrogen and oxygen atoms in total. The second-order valence-electron chi connectivity index (χ2n) is 5.72. The van der Waals surface area contributed by atoms with E-state index in [9.17, 15) is 0 Å². The highest BCUT2D eigenvalue weighted by atomic mass is 32.1. The fraction of sp³-hybridized carbons (Fsp3) is 0.474. The topological polar surface area (TPSA) is 27.1 Å². The van der Waals surface area contributed by atoms with Gasteiger partial charge >= 0.3 is 0 Å². The molecule has 0 saturated carbocycles. The Morgan fingerprint density at radius 3 is 2.43 bits per heavy atom.